The quantitative estimate of drug-likeness (QED) is 0.453. The van der Waals surface area contributed by atoms with Gasteiger partial charge in [0.25, 0.3) is 0 Å². The second-order valence-electron chi connectivity index (χ2n) is 4.54. The van der Waals surface area contributed by atoms with Gasteiger partial charge in [-0.1, -0.05) is 13.3 Å². The van der Waals surface area contributed by atoms with Crippen molar-refractivity contribution in [2.24, 2.45) is 0 Å². The molecule has 23 heavy (non-hydrogen) atoms. The van der Waals surface area contributed by atoms with Crippen molar-refractivity contribution < 1.29 is 30.5 Å². The maximum absolute atomic E-state index is 12.4. The van der Waals surface area contributed by atoms with Crippen LogP contribution in [-0.2, 0) is 10.1 Å². The molecular formula is C13H13F3N2O4S. The third kappa shape index (κ3) is 4.01. The monoisotopic (exact) mass is 350 g/mol. The number of hydrogen-bond donors (Lipinski definition) is 0. The molecule has 0 saturated heterocycles. The van der Waals surface area contributed by atoms with E-state index in [-0.39, 0.29) is 11.3 Å². The second-order valence-corrected chi connectivity index (χ2v) is 6.08. The van der Waals surface area contributed by atoms with E-state index in [0.29, 0.717) is 12.0 Å². The van der Waals surface area contributed by atoms with Crippen molar-refractivity contribution in [1.82, 2.24) is 9.97 Å². The van der Waals surface area contributed by atoms with E-state index in [1.54, 1.807) is 0 Å². The molecule has 0 aliphatic carbocycles. The molecule has 10 heteroatoms. The summed E-state index contributed by atoms with van der Waals surface area (Å²) in [6.07, 6.45) is 4.14. The molecule has 0 aliphatic rings. The molecule has 2 rings (SSSR count). The van der Waals surface area contributed by atoms with Crippen LogP contribution < -0.4 is 8.92 Å². The standard InChI is InChI=1S/C13H13F3N2O4S/c1-2-3-6-21-11-7-10-9(8-18-11)4-5-17-12(10)22-23(19,20)13(14,15)16/h4-5,7-8H,2-3,6H2,1H3. The summed E-state index contributed by atoms with van der Waals surface area (Å²) in [5.74, 6) is -0.532. The molecule has 2 heterocycles. The summed E-state index contributed by atoms with van der Waals surface area (Å²) in [6, 6.07) is 2.75. The molecule has 0 bridgehead atoms. The molecule has 0 spiro atoms. The van der Waals surface area contributed by atoms with Crippen LogP contribution in [0.2, 0.25) is 0 Å². The first-order valence-corrected chi connectivity index (χ1v) is 8.03. The zero-order valence-corrected chi connectivity index (χ0v) is 12.8. The van der Waals surface area contributed by atoms with Gasteiger partial charge in [-0.25, -0.2) is 9.97 Å². The average Bonchev–Trinajstić information content (AvgIpc) is 2.46. The highest BCUT2D eigenvalue weighted by Crippen LogP contribution is 2.31. The Hall–Kier alpha value is -2.10. The zero-order valence-electron chi connectivity index (χ0n) is 12.0. The predicted molar refractivity (Wildman–Crippen MR) is 75.5 cm³/mol. The minimum absolute atomic E-state index is 0.0572. The SMILES string of the molecule is CCCCOc1cc2c(OS(=O)(=O)C(F)(F)F)nccc2cn1. The van der Waals surface area contributed by atoms with E-state index in [0.717, 1.165) is 19.0 Å². The Morgan fingerprint density at radius 3 is 2.65 bits per heavy atom. The van der Waals surface area contributed by atoms with Gasteiger partial charge in [0.2, 0.25) is 11.8 Å². The van der Waals surface area contributed by atoms with Crippen molar-refractivity contribution in [3.8, 4) is 11.8 Å². The Labute approximate surface area is 130 Å². The first-order chi connectivity index (χ1) is 10.7. The van der Waals surface area contributed by atoms with Gasteiger partial charge in [-0.15, -0.1) is 0 Å². The maximum Gasteiger partial charge on any atom is 0.534 e. The summed E-state index contributed by atoms with van der Waals surface area (Å²) in [4.78, 5) is 7.55. The lowest BCUT2D eigenvalue weighted by molar-refractivity contribution is -0.0500. The van der Waals surface area contributed by atoms with Gasteiger partial charge < -0.3 is 8.92 Å². The predicted octanol–water partition coefficient (Wildman–Crippen LogP) is 3.04. The smallest absolute Gasteiger partial charge is 0.478 e. The molecule has 0 atom stereocenters. The molecule has 2 aromatic rings. The Morgan fingerprint density at radius 1 is 1.26 bits per heavy atom. The topological polar surface area (TPSA) is 78.4 Å². The minimum Gasteiger partial charge on any atom is -0.478 e. The number of hydrogen-bond acceptors (Lipinski definition) is 6. The van der Waals surface area contributed by atoms with Crippen LogP contribution in [0.15, 0.2) is 24.5 Å². The first-order valence-electron chi connectivity index (χ1n) is 6.63. The summed E-state index contributed by atoms with van der Waals surface area (Å²) in [6.45, 7) is 2.35. The lowest BCUT2D eigenvalue weighted by Crippen LogP contribution is -2.28. The van der Waals surface area contributed by atoms with Crippen LogP contribution in [0.5, 0.6) is 11.8 Å². The van der Waals surface area contributed by atoms with E-state index >= 15 is 0 Å². The summed E-state index contributed by atoms with van der Waals surface area (Å²) >= 11 is 0. The Kier molecular flexibility index (Phi) is 4.93. The van der Waals surface area contributed by atoms with Crippen molar-refractivity contribution in [2.75, 3.05) is 6.61 Å². The van der Waals surface area contributed by atoms with Gasteiger partial charge in [0.15, 0.2) is 0 Å². The number of alkyl halides is 3. The van der Waals surface area contributed by atoms with Crippen LogP contribution in [0.1, 0.15) is 19.8 Å². The fraction of sp³-hybridized carbons (Fsp3) is 0.385. The summed E-state index contributed by atoms with van der Waals surface area (Å²) in [5, 5.41) is 0.428. The van der Waals surface area contributed by atoms with Crippen molar-refractivity contribution in [3.63, 3.8) is 0 Å². The molecule has 0 unspecified atom stereocenters. The molecule has 2 aromatic heterocycles. The van der Waals surface area contributed by atoms with Gasteiger partial charge >= 0.3 is 15.6 Å². The molecule has 0 fully saturated rings. The highest BCUT2D eigenvalue weighted by molar-refractivity contribution is 7.88. The highest BCUT2D eigenvalue weighted by Gasteiger charge is 2.49. The molecular weight excluding hydrogens is 337 g/mol. The minimum atomic E-state index is -5.80. The zero-order chi connectivity index (χ0) is 17.1. The molecule has 0 aromatic carbocycles. The fourth-order valence-electron chi connectivity index (χ4n) is 1.64. The van der Waals surface area contributed by atoms with Crippen LogP contribution in [-0.4, -0.2) is 30.5 Å². The largest absolute Gasteiger partial charge is 0.534 e. The van der Waals surface area contributed by atoms with E-state index in [2.05, 4.69) is 14.2 Å². The van der Waals surface area contributed by atoms with Gasteiger partial charge in [-0.2, -0.15) is 21.6 Å². The molecule has 0 radical (unpaired) electrons. The lowest BCUT2D eigenvalue weighted by Gasteiger charge is -2.11. The van der Waals surface area contributed by atoms with E-state index in [9.17, 15) is 21.6 Å². The van der Waals surface area contributed by atoms with Crippen LogP contribution in [0.4, 0.5) is 13.2 Å². The number of unbranched alkanes of at least 4 members (excludes halogenated alkanes) is 1. The Bertz CT molecular complexity index is 793. The van der Waals surface area contributed by atoms with E-state index in [1.165, 1.54) is 18.3 Å². The van der Waals surface area contributed by atoms with Gasteiger partial charge in [0, 0.05) is 23.8 Å². The number of fused-ring (bicyclic) bond motifs is 1. The number of pyridine rings is 2. The first kappa shape index (κ1) is 17.3. The van der Waals surface area contributed by atoms with Crippen molar-refractivity contribution in [2.45, 2.75) is 25.3 Å². The van der Waals surface area contributed by atoms with Gasteiger partial charge in [-0.3, -0.25) is 0 Å². The molecule has 126 valence electrons. The van der Waals surface area contributed by atoms with Crippen LogP contribution in [0.3, 0.4) is 0 Å². The number of ether oxygens (including phenoxy) is 1. The second kappa shape index (κ2) is 6.57. The number of rotatable bonds is 6. The normalized spacial score (nSPS) is 12.3. The van der Waals surface area contributed by atoms with Crippen molar-refractivity contribution >= 4 is 20.9 Å². The van der Waals surface area contributed by atoms with E-state index < -0.39 is 21.5 Å². The average molecular weight is 350 g/mol. The number of aromatic nitrogens is 2. The lowest BCUT2D eigenvalue weighted by atomic mass is 10.2. The van der Waals surface area contributed by atoms with Crippen LogP contribution in [0.25, 0.3) is 10.8 Å². The Morgan fingerprint density at radius 2 is 2.00 bits per heavy atom. The van der Waals surface area contributed by atoms with Crippen LogP contribution >= 0.6 is 0 Å². The third-order valence-corrected chi connectivity index (χ3v) is 3.75. The van der Waals surface area contributed by atoms with Crippen molar-refractivity contribution in [3.05, 3.63) is 24.5 Å². The summed E-state index contributed by atoms with van der Waals surface area (Å²) in [5.41, 5.74) is -5.54. The molecule has 0 saturated carbocycles. The van der Waals surface area contributed by atoms with E-state index in [4.69, 9.17) is 4.74 Å². The molecule has 0 aliphatic heterocycles. The molecule has 0 amide bonds. The number of nitrogens with zero attached hydrogens (tertiary/aromatic N) is 2. The van der Waals surface area contributed by atoms with Crippen LogP contribution in [0, 0.1) is 0 Å². The Balaban J connectivity index is 2.38. The number of halogens is 3. The molecule has 6 nitrogen and oxygen atoms in total. The fourth-order valence-corrected chi connectivity index (χ4v) is 2.07. The summed E-state index contributed by atoms with van der Waals surface area (Å²) < 4.78 is 69.0. The van der Waals surface area contributed by atoms with Crippen molar-refractivity contribution in [1.29, 1.82) is 0 Å². The van der Waals surface area contributed by atoms with E-state index in [1.807, 2.05) is 6.92 Å². The third-order valence-electron chi connectivity index (χ3n) is 2.81. The highest BCUT2D eigenvalue weighted by atomic mass is 32.2. The van der Waals surface area contributed by atoms with Gasteiger partial charge in [0.05, 0.1) is 12.0 Å². The van der Waals surface area contributed by atoms with Gasteiger partial charge in [0.1, 0.15) is 0 Å². The van der Waals surface area contributed by atoms with Gasteiger partial charge in [-0.05, 0) is 12.5 Å². The maximum atomic E-state index is 12.4. The molecule has 0 N–H and O–H groups in total. The summed E-state index contributed by atoms with van der Waals surface area (Å²) in [7, 11) is -5.80.